The molecule has 120 valence electrons. The van der Waals surface area contributed by atoms with Crippen LogP contribution in [-0.4, -0.2) is 26.0 Å². The van der Waals surface area contributed by atoms with Crippen molar-refractivity contribution < 1.29 is 9.47 Å². The number of aryl methyl sites for hydroxylation is 1. The van der Waals surface area contributed by atoms with E-state index in [0.717, 1.165) is 6.04 Å². The van der Waals surface area contributed by atoms with Crippen LogP contribution in [0, 0.1) is 6.92 Å². The molecule has 1 aromatic heterocycles. The van der Waals surface area contributed by atoms with Crippen molar-refractivity contribution >= 4 is 8.07 Å². The largest absolute Gasteiger partial charge is 0.356 e. The summed E-state index contributed by atoms with van der Waals surface area (Å²) in [6.07, 6.45) is 4.07. The summed E-state index contributed by atoms with van der Waals surface area (Å²) < 4.78 is 13.4. The highest BCUT2D eigenvalue weighted by molar-refractivity contribution is 6.76. The van der Waals surface area contributed by atoms with Crippen molar-refractivity contribution in [2.75, 3.05) is 7.11 Å². The Morgan fingerprint density at radius 1 is 1.14 bits per heavy atom. The molecule has 0 fully saturated rings. The van der Waals surface area contributed by atoms with Gasteiger partial charge in [0, 0.05) is 27.6 Å². The number of methoxy groups -OCH3 is 1. The van der Waals surface area contributed by atoms with Crippen LogP contribution in [0.4, 0.5) is 0 Å². The zero-order valence-corrected chi connectivity index (χ0v) is 15.3. The standard InChI is InChI=1S/C18H27NO2Si/c1-15-8-6-7-9-17(15)16-10-11-19(12-16)14-21-18(20-2)13-22(3,4)5/h6-12,18H,13-14H2,1-5H3. The van der Waals surface area contributed by atoms with Crippen LogP contribution < -0.4 is 0 Å². The molecule has 0 saturated carbocycles. The van der Waals surface area contributed by atoms with Crippen LogP contribution in [-0.2, 0) is 16.2 Å². The number of ether oxygens (including phenoxy) is 2. The first-order valence-corrected chi connectivity index (χ1v) is 11.5. The summed E-state index contributed by atoms with van der Waals surface area (Å²) in [5.41, 5.74) is 3.78. The van der Waals surface area contributed by atoms with Crippen molar-refractivity contribution in [2.45, 2.75) is 45.6 Å². The fourth-order valence-electron chi connectivity index (χ4n) is 2.46. The molecule has 4 heteroatoms. The molecule has 1 unspecified atom stereocenters. The molecule has 0 bridgehead atoms. The van der Waals surface area contributed by atoms with E-state index in [4.69, 9.17) is 9.47 Å². The predicted molar refractivity (Wildman–Crippen MR) is 94.6 cm³/mol. The van der Waals surface area contributed by atoms with E-state index in [-0.39, 0.29) is 6.29 Å². The lowest BCUT2D eigenvalue weighted by atomic mass is 10.0. The summed E-state index contributed by atoms with van der Waals surface area (Å²) in [6.45, 7) is 9.64. The first-order chi connectivity index (χ1) is 10.4. The maximum absolute atomic E-state index is 5.91. The molecule has 2 aromatic rings. The molecule has 0 saturated heterocycles. The number of hydrogen-bond acceptors (Lipinski definition) is 2. The van der Waals surface area contributed by atoms with E-state index in [2.05, 4.69) is 73.9 Å². The van der Waals surface area contributed by atoms with E-state index in [1.54, 1.807) is 7.11 Å². The molecular formula is C18H27NO2Si. The van der Waals surface area contributed by atoms with Gasteiger partial charge in [-0.15, -0.1) is 0 Å². The Morgan fingerprint density at radius 2 is 1.86 bits per heavy atom. The van der Waals surface area contributed by atoms with Gasteiger partial charge in [0.1, 0.15) is 6.73 Å². The van der Waals surface area contributed by atoms with Crippen LogP contribution in [0.1, 0.15) is 5.56 Å². The minimum Gasteiger partial charge on any atom is -0.356 e. The average molecular weight is 318 g/mol. The Kier molecular flexibility index (Phi) is 5.61. The van der Waals surface area contributed by atoms with E-state index in [1.807, 2.05) is 0 Å². The Labute approximate surface area is 134 Å². The smallest absolute Gasteiger partial charge is 0.157 e. The highest BCUT2D eigenvalue weighted by Crippen LogP contribution is 2.23. The highest BCUT2D eigenvalue weighted by atomic mass is 28.3. The molecule has 1 aromatic carbocycles. The summed E-state index contributed by atoms with van der Waals surface area (Å²) in [5.74, 6) is 0. The SMILES string of the molecule is COC(C[Si](C)(C)C)OCn1ccc(-c2ccccc2C)c1. The van der Waals surface area contributed by atoms with Crippen LogP contribution >= 0.6 is 0 Å². The molecule has 0 aliphatic carbocycles. The quantitative estimate of drug-likeness (QED) is 0.543. The van der Waals surface area contributed by atoms with Crippen LogP contribution in [0.3, 0.4) is 0 Å². The van der Waals surface area contributed by atoms with Gasteiger partial charge < -0.3 is 14.0 Å². The summed E-state index contributed by atoms with van der Waals surface area (Å²) in [4.78, 5) is 0. The molecule has 0 aliphatic heterocycles. The van der Waals surface area contributed by atoms with Gasteiger partial charge in [-0.05, 0) is 35.7 Å². The van der Waals surface area contributed by atoms with Crippen LogP contribution in [0.5, 0.6) is 0 Å². The lowest BCUT2D eigenvalue weighted by molar-refractivity contribution is -0.134. The molecule has 0 amide bonds. The molecule has 2 rings (SSSR count). The molecular weight excluding hydrogens is 290 g/mol. The molecule has 0 radical (unpaired) electrons. The summed E-state index contributed by atoms with van der Waals surface area (Å²) in [6, 6.07) is 11.6. The molecule has 1 heterocycles. The number of nitrogens with zero attached hydrogens (tertiary/aromatic N) is 1. The first kappa shape index (κ1) is 17.0. The van der Waals surface area contributed by atoms with Crippen molar-refractivity contribution in [3.8, 4) is 11.1 Å². The van der Waals surface area contributed by atoms with Crippen molar-refractivity contribution in [3.63, 3.8) is 0 Å². The summed E-state index contributed by atoms with van der Waals surface area (Å²) in [5, 5.41) is 0. The third-order valence-electron chi connectivity index (χ3n) is 3.66. The van der Waals surface area contributed by atoms with E-state index in [1.165, 1.54) is 16.7 Å². The summed E-state index contributed by atoms with van der Waals surface area (Å²) in [7, 11) is 0.528. The van der Waals surface area contributed by atoms with Gasteiger partial charge in [-0.25, -0.2) is 0 Å². The highest BCUT2D eigenvalue weighted by Gasteiger charge is 2.20. The Hall–Kier alpha value is -1.36. The van der Waals surface area contributed by atoms with Gasteiger partial charge in [0.05, 0.1) is 0 Å². The van der Waals surface area contributed by atoms with E-state index in [9.17, 15) is 0 Å². The van der Waals surface area contributed by atoms with Crippen molar-refractivity contribution in [1.29, 1.82) is 0 Å². The lowest BCUT2D eigenvalue weighted by Gasteiger charge is -2.23. The average Bonchev–Trinajstić information content (AvgIpc) is 2.91. The fraction of sp³-hybridized carbons (Fsp3) is 0.444. The number of aromatic nitrogens is 1. The zero-order valence-electron chi connectivity index (χ0n) is 14.3. The molecule has 22 heavy (non-hydrogen) atoms. The van der Waals surface area contributed by atoms with Crippen molar-refractivity contribution in [2.24, 2.45) is 0 Å². The molecule has 3 nitrogen and oxygen atoms in total. The van der Waals surface area contributed by atoms with Gasteiger partial charge in [0.2, 0.25) is 0 Å². The Balaban J connectivity index is 1.99. The van der Waals surface area contributed by atoms with Gasteiger partial charge in [0.25, 0.3) is 0 Å². The van der Waals surface area contributed by atoms with Gasteiger partial charge in [0.15, 0.2) is 6.29 Å². The summed E-state index contributed by atoms with van der Waals surface area (Å²) >= 11 is 0. The molecule has 0 spiro atoms. The third-order valence-corrected chi connectivity index (χ3v) is 5.22. The monoisotopic (exact) mass is 317 g/mol. The minimum atomic E-state index is -1.19. The third kappa shape index (κ3) is 4.83. The minimum absolute atomic E-state index is 0.115. The molecule has 1 atom stereocenters. The number of benzene rings is 1. The second kappa shape index (κ2) is 7.27. The van der Waals surface area contributed by atoms with E-state index < -0.39 is 8.07 Å². The molecule has 0 N–H and O–H groups in total. The van der Waals surface area contributed by atoms with Gasteiger partial charge in [-0.3, -0.25) is 0 Å². The van der Waals surface area contributed by atoms with E-state index >= 15 is 0 Å². The predicted octanol–water partition coefficient (Wildman–Crippen LogP) is 4.75. The second-order valence-electron chi connectivity index (χ2n) is 6.96. The Bertz CT molecular complexity index is 601. The molecule has 0 aliphatic rings. The van der Waals surface area contributed by atoms with Crippen LogP contribution in [0.25, 0.3) is 11.1 Å². The van der Waals surface area contributed by atoms with E-state index in [0.29, 0.717) is 6.73 Å². The second-order valence-corrected chi connectivity index (χ2v) is 12.5. The normalized spacial score (nSPS) is 13.3. The number of hydrogen-bond donors (Lipinski definition) is 0. The van der Waals surface area contributed by atoms with Crippen LogP contribution in [0.2, 0.25) is 25.7 Å². The first-order valence-electron chi connectivity index (χ1n) is 7.75. The zero-order chi connectivity index (χ0) is 16.2. The maximum atomic E-state index is 5.91. The number of rotatable bonds is 7. The van der Waals surface area contributed by atoms with Crippen LogP contribution in [0.15, 0.2) is 42.7 Å². The van der Waals surface area contributed by atoms with Crippen molar-refractivity contribution in [3.05, 3.63) is 48.3 Å². The van der Waals surface area contributed by atoms with Gasteiger partial charge in [-0.1, -0.05) is 43.9 Å². The maximum Gasteiger partial charge on any atom is 0.157 e. The topological polar surface area (TPSA) is 23.4 Å². The van der Waals surface area contributed by atoms with Gasteiger partial charge in [-0.2, -0.15) is 0 Å². The van der Waals surface area contributed by atoms with Gasteiger partial charge >= 0.3 is 0 Å². The van der Waals surface area contributed by atoms with Crippen molar-refractivity contribution in [1.82, 2.24) is 4.57 Å². The Morgan fingerprint density at radius 3 is 2.50 bits per heavy atom. The fourth-order valence-corrected chi connectivity index (χ4v) is 3.74. The lowest BCUT2D eigenvalue weighted by Crippen LogP contribution is -2.30.